The average molecular weight is 372 g/mol. The molecule has 1 aliphatic rings. The molecule has 2 aromatic carbocycles. The first-order valence-corrected chi connectivity index (χ1v) is 8.34. The van der Waals surface area contributed by atoms with Crippen molar-refractivity contribution in [3.8, 4) is 22.9 Å². The largest absolute Gasteiger partial charge is 0.454 e. The topological polar surface area (TPSA) is 86.5 Å². The van der Waals surface area contributed by atoms with Crippen LogP contribution in [0, 0.1) is 0 Å². The number of ether oxygens (including phenoxy) is 2. The summed E-state index contributed by atoms with van der Waals surface area (Å²) in [5, 5.41) is 7.26. The lowest BCUT2D eigenvalue weighted by Crippen LogP contribution is -2.12. The van der Waals surface area contributed by atoms with E-state index in [2.05, 4.69) is 15.5 Å². The lowest BCUT2D eigenvalue weighted by Gasteiger charge is -2.05. The van der Waals surface area contributed by atoms with Gasteiger partial charge in [0.2, 0.25) is 24.4 Å². The van der Waals surface area contributed by atoms with Crippen molar-refractivity contribution in [3.05, 3.63) is 53.4 Å². The summed E-state index contributed by atoms with van der Waals surface area (Å²) < 4.78 is 15.7. The SMILES string of the molecule is O=C(CCc1nc(-c2ccccc2Cl)no1)Nc1ccc2c(c1)OCO2. The van der Waals surface area contributed by atoms with Gasteiger partial charge in [0.15, 0.2) is 11.5 Å². The van der Waals surface area contributed by atoms with Crippen molar-refractivity contribution in [3.63, 3.8) is 0 Å². The van der Waals surface area contributed by atoms with Gasteiger partial charge in [0.1, 0.15) is 0 Å². The van der Waals surface area contributed by atoms with E-state index >= 15 is 0 Å². The van der Waals surface area contributed by atoms with Crippen LogP contribution in [0.4, 0.5) is 5.69 Å². The third kappa shape index (κ3) is 3.48. The smallest absolute Gasteiger partial charge is 0.231 e. The predicted molar refractivity (Wildman–Crippen MR) is 94.3 cm³/mol. The Bertz CT molecular complexity index is 957. The maximum atomic E-state index is 12.1. The molecule has 0 unspecified atom stereocenters. The van der Waals surface area contributed by atoms with Gasteiger partial charge in [-0.15, -0.1) is 0 Å². The number of nitrogens with one attached hydrogen (secondary N) is 1. The number of carbonyl (C=O) groups is 1. The van der Waals surface area contributed by atoms with E-state index in [1.807, 2.05) is 18.2 Å². The van der Waals surface area contributed by atoms with E-state index in [1.54, 1.807) is 24.3 Å². The first-order valence-electron chi connectivity index (χ1n) is 7.96. The van der Waals surface area contributed by atoms with Crippen LogP contribution in [0.2, 0.25) is 5.02 Å². The Morgan fingerprint density at radius 2 is 2.00 bits per heavy atom. The Morgan fingerprint density at radius 1 is 1.15 bits per heavy atom. The van der Waals surface area contributed by atoms with Crippen molar-refractivity contribution in [2.45, 2.75) is 12.8 Å². The monoisotopic (exact) mass is 371 g/mol. The van der Waals surface area contributed by atoms with E-state index in [0.717, 1.165) is 0 Å². The van der Waals surface area contributed by atoms with E-state index < -0.39 is 0 Å². The van der Waals surface area contributed by atoms with Crippen molar-refractivity contribution < 1.29 is 18.8 Å². The van der Waals surface area contributed by atoms with Crippen LogP contribution in [0.3, 0.4) is 0 Å². The zero-order chi connectivity index (χ0) is 17.9. The molecule has 132 valence electrons. The molecule has 0 saturated carbocycles. The maximum Gasteiger partial charge on any atom is 0.231 e. The van der Waals surface area contributed by atoms with Gasteiger partial charge in [-0.1, -0.05) is 28.9 Å². The van der Waals surface area contributed by atoms with Gasteiger partial charge in [-0.05, 0) is 24.3 Å². The Labute approximate surface area is 153 Å². The maximum absolute atomic E-state index is 12.1. The number of fused-ring (bicyclic) bond motifs is 1. The quantitative estimate of drug-likeness (QED) is 0.736. The molecule has 2 heterocycles. The van der Waals surface area contributed by atoms with Crippen LogP contribution < -0.4 is 14.8 Å². The molecule has 0 fully saturated rings. The number of nitrogens with zero attached hydrogens (tertiary/aromatic N) is 2. The molecule has 0 spiro atoms. The summed E-state index contributed by atoms with van der Waals surface area (Å²) in [7, 11) is 0. The van der Waals surface area contributed by atoms with Gasteiger partial charge >= 0.3 is 0 Å². The van der Waals surface area contributed by atoms with Crippen LogP contribution in [0.1, 0.15) is 12.3 Å². The Kier molecular flexibility index (Phi) is 4.45. The zero-order valence-corrected chi connectivity index (χ0v) is 14.3. The first kappa shape index (κ1) is 16.4. The molecule has 7 nitrogen and oxygen atoms in total. The molecule has 3 aromatic rings. The average Bonchev–Trinajstić information content (AvgIpc) is 3.29. The van der Waals surface area contributed by atoms with E-state index in [4.69, 9.17) is 25.6 Å². The van der Waals surface area contributed by atoms with Gasteiger partial charge in [0.05, 0.1) is 5.02 Å². The number of halogens is 1. The molecule has 0 aliphatic carbocycles. The fraction of sp³-hybridized carbons (Fsp3) is 0.167. The van der Waals surface area contributed by atoms with Crippen LogP contribution in [-0.2, 0) is 11.2 Å². The van der Waals surface area contributed by atoms with Crippen molar-refractivity contribution in [2.24, 2.45) is 0 Å². The number of rotatable bonds is 5. The van der Waals surface area contributed by atoms with Gasteiger partial charge in [0, 0.05) is 30.2 Å². The minimum absolute atomic E-state index is 0.165. The van der Waals surface area contributed by atoms with Crippen LogP contribution in [-0.4, -0.2) is 22.8 Å². The molecule has 1 amide bonds. The van der Waals surface area contributed by atoms with Gasteiger partial charge in [-0.25, -0.2) is 0 Å². The summed E-state index contributed by atoms with van der Waals surface area (Å²) in [6.45, 7) is 0.192. The number of amides is 1. The summed E-state index contributed by atoms with van der Waals surface area (Å²) >= 11 is 6.12. The van der Waals surface area contributed by atoms with Crippen molar-refractivity contribution in [1.29, 1.82) is 0 Å². The molecular weight excluding hydrogens is 358 g/mol. The minimum atomic E-state index is -0.165. The van der Waals surface area contributed by atoms with E-state index in [0.29, 0.717) is 45.9 Å². The molecule has 0 radical (unpaired) electrons. The number of aromatic nitrogens is 2. The first-order chi connectivity index (χ1) is 12.7. The second-order valence-corrected chi connectivity index (χ2v) is 6.01. The van der Waals surface area contributed by atoms with Crippen LogP contribution in [0.25, 0.3) is 11.4 Å². The third-order valence-electron chi connectivity index (χ3n) is 3.81. The Balaban J connectivity index is 1.36. The fourth-order valence-electron chi connectivity index (χ4n) is 2.53. The molecule has 8 heteroatoms. The number of anilines is 1. The molecule has 0 saturated heterocycles. The highest BCUT2D eigenvalue weighted by Gasteiger charge is 2.15. The lowest BCUT2D eigenvalue weighted by atomic mass is 10.2. The minimum Gasteiger partial charge on any atom is -0.454 e. The number of carbonyl (C=O) groups excluding carboxylic acids is 1. The zero-order valence-electron chi connectivity index (χ0n) is 13.6. The molecule has 1 aromatic heterocycles. The second-order valence-electron chi connectivity index (χ2n) is 5.61. The highest BCUT2D eigenvalue weighted by atomic mass is 35.5. The molecule has 4 rings (SSSR count). The van der Waals surface area contributed by atoms with E-state index in [-0.39, 0.29) is 19.1 Å². The third-order valence-corrected chi connectivity index (χ3v) is 4.13. The molecule has 0 bridgehead atoms. The van der Waals surface area contributed by atoms with Gasteiger partial charge in [0.25, 0.3) is 0 Å². The van der Waals surface area contributed by atoms with Crippen molar-refractivity contribution >= 4 is 23.2 Å². The predicted octanol–water partition coefficient (Wildman–Crippen LogP) is 3.69. The van der Waals surface area contributed by atoms with Crippen LogP contribution in [0.15, 0.2) is 47.0 Å². The van der Waals surface area contributed by atoms with Crippen LogP contribution in [0.5, 0.6) is 11.5 Å². The van der Waals surface area contributed by atoms with Gasteiger partial charge in [-0.2, -0.15) is 4.98 Å². The Morgan fingerprint density at radius 3 is 2.88 bits per heavy atom. The standard InChI is InChI=1S/C18H14ClN3O4/c19-13-4-2-1-3-12(13)18-21-17(26-22-18)8-7-16(23)20-11-5-6-14-15(9-11)25-10-24-14/h1-6,9H,7-8,10H2,(H,20,23). The lowest BCUT2D eigenvalue weighted by molar-refractivity contribution is -0.116. The second kappa shape index (κ2) is 7.05. The van der Waals surface area contributed by atoms with Crippen LogP contribution >= 0.6 is 11.6 Å². The summed E-state index contributed by atoms with van der Waals surface area (Å²) in [5.41, 5.74) is 1.33. The molecule has 1 aliphatic heterocycles. The number of hydrogen-bond donors (Lipinski definition) is 1. The number of aryl methyl sites for hydroxylation is 1. The molecule has 26 heavy (non-hydrogen) atoms. The summed E-state index contributed by atoms with van der Waals surface area (Å²) in [4.78, 5) is 16.4. The van der Waals surface area contributed by atoms with Gasteiger partial charge < -0.3 is 19.3 Å². The summed E-state index contributed by atoms with van der Waals surface area (Å²) in [5.74, 6) is 1.90. The normalized spacial score (nSPS) is 12.2. The molecular formula is C18H14ClN3O4. The summed E-state index contributed by atoms with van der Waals surface area (Å²) in [6.07, 6.45) is 0.534. The highest BCUT2D eigenvalue weighted by Crippen LogP contribution is 2.34. The number of benzene rings is 2. The molecule has 0 atom stereocenters. The Hall–Kier alpha value is -3.06. The van der Waals surface area contributed by atoms with Crippen molar-refractivity contribution in [2.75, 3.05) is 12.1 Å². The fourth-order valence-corrected chi connectivity index (χ4v) is 2.75. The van der Waals surface area contributed by atoms with E-state index in [1.165, 1.54) is 0 Å². The molecule has 1 N–H and O–H groups in total. The highest BCUT2D eigenvalue weighted by molar-refractivity contribution is 6.33. The van der Waals surface area contributed by atoms with Gasteiger partial charge in [-0.3, -0.25) is 4.79 Å². The number of hydrogen-bond acceptors (Lipinski definition) is 6. The van der Waals surface area contributed by atoms with E-state index in [9.17, 15) is 4.79 Å². The summed E-state index contributed by atoms with van der Waals surface area (Å²) in [6, 6.07) is 12.5. The van der Waals surface area contributed by atoms with Crippen molar-refractivity contribution in [1.82, 2.24) is 10.1 Å².